The largest absolute Gasteiger partial charge is 0.352 e. The second-order valence-corrected chi connectivity index (χ2v) is 8.59. The molecule has 0 radical (unpaired) electrons. The Hall–Kier alpha value is -1.56. The summed E-state index contributed by atoms with van der Waals surface area (Å²) in [6.07, 6.45) is 3.04. The predicted molar refractivity (Wildman–Crippen MR) is 99.0 cm³/mol. The molecule has 0 bridgehead atoms. The normalized spacial score (nSPS) is 18.5. The van der Waals surface area contributed by atoms with Crippen LogP contribution in [0.2, 0.25) is 0 Å². The van der Waals surface area contributed by atoms with Crippen LogP contribution in [0.5, 0.6) is 0 Å². The van der Waals surface area contributed by atoms with Gasteiger partial charge < -0.3 is 10.2 Å². The van der Waals surface area contributed by atoms with Crippen molar-refractivity contribution < 1.29 is 8.42 Å². The molecule has 0 saturated carbocycles. The van der Waals surface area contributed by atoms with E-state index in [4.69, 9.17) is 0 Å². The topological polar surface area (TPSA) is 61.8 Å². The molecule has 1 fully saturated rings. The van der Waals surface area contributed by atoms with Crippen LogP contribution in [-0.4, -0.2) is 51.2 Å². The summed E-state index contributed by atoms with van der Waals surface area (Å²) in [4.78, 5) is 6.98. The van der Waals surface area contributed by atoms with Crippen LogP contribution in [0.3, 0.4) is 0 Å². The minimum Gasteiger partial charge on any atom is -0.352 e. The Morgan fingerprint density at radius 2 is 1.92 bits per heavy atom. The lowest BCUT2D eigenvalue weighted by Gasteiger charge is -2.34. The van der Waals surface area contributed by atoms with Crippen molar-refractivity contribution in [1.82, 2.24) is 10.2 Å². The smallest absolute Gasteiger partial charge is 0.193 e. The summed E-state index contributed by atoms with van der Waals surface area (Å²) in [6, 6.07) is 8.51. The molecule has 2 rings (SSSR count). The number of sulfone groups is 1. The Balaban J connectivity index is 2.03. The highest BCUT2D eigenvalue weighted by atomic mass is 32.2. The molecule has 0 amide bonds. The lowest BCUT2D eigenvalue weighted by atomic mass is 9.99. The van der Waals surface area contributed by atoms with E-state index in [0.717, 1.165) is 44.2 Å². The van der Waals surface area contributed by atoms with Crippen LogP contribution in [0, 0.1) is 5.92 Å². The van der Waals surface area contributed by atoms with Gasteiger partial charge >= 0.3 is 0 Å². The second kappa shape index (κ2) is 8.51. The summed E-state index contributed by atoms with van der Waals surface area (Å²) in [5, 5.41) is 3.36. The summed E-state index contributed by atoms with van der Waals surface area (Å²) in [5.74, 6) is 1.65. The van der Waals surface area contributed by atoms with Gasteiger partial charge in [-0.25, -0.2) is 8.42 Å². The number of nitrogens with zero attached hydrogens (tertiary/aromatic N) is 2. The van der Waals surface area contributed by atoms with E-state index in [1.54, 1.807) is 31.3 Å². The number of likely N-dealkylation sites (tertiary alicyclic amines) is 1. The van der Waals surface area contributed by atoms with Crippen molar-refractivity contribution in [2.45, 2.75) is 44.0 Å². The summed E-state index contributed by atoms with van der Waals surface area (Å²) < 4.78 is 25.2. The van der Waals surface area contributed by atoms with Gasteiger partial charge in [-0.1, -0.05) is 32.0 Å². The molecule has 1 unspecified atom stereocenters. The molecule has 1 aliphatic heterocycles. The molecule has 134 valence electrons. The number of nitrogens with one attached hydrogen (secondary N) is 1. The van der Waals surface area contributed by atoms with E-state index in [2.05, 4.69) is 22.1 Å². The van der Waals surface area contributed by atoms with Gasteiger partial charge in [0.1, 0.15) is 0 Å². The highest BCUT2D eigenvalue weighted by Gasteiger charge is 2.24. The highest BCUT2D eigenvalue weighted by Crippen LogP contribution is 2.17. The van der Waals surface area contributed by atoms with E-state index in [-0.39, 0.29) is 11.8 Å². The van der Waals surface area contributed by atoms with Gasteiger partial charge in [-0.3, -0.25) is 4.99 Å². The van der Waals surface area contributed by atoms with Crippen LogP contribution in [-0.2, 0) is 9.84 Å². The van der Waals surface area contributed by atoms with Crippen molar-refractivity contribution in [1.29, 1.82) is 0 Å². The summed E-state index contributed by atoms with van der Waals surface area (Å²) in [5.41, 5.74) is 0. The maximum atomic E-state index is 12.6. The highest BCUT2D eigenvalue weighted by molar-refractivity contribution is 7.91. The van der Waals surface area contributed by atoms with Crippen molar-refractivity contribution in [3.63, 3.8) is 0 Å². The number of benzene rings is 1. The first-order valence-electron chi connectivity index (χ1n) is 8.72. The fraction of sp³-hybridized carbons (Fsp3) is 0.611. The van der Waals surface area contributed by atoms with Crippen molar-refractivity contribution in [3.8, 4) is 0 Å². The van der Waals surface area contributed by atoms with Crippen LogP contribution in [0.4, 0.5) is 0 Å². The summed E-state index contributed by atoms with van der Waals surface area (Å²) in [6.45, 7) is 6.23. The van der Waals surface area contributed by atoms with Crippen molar-refractivity contribution in [2.24, 2.45) is 10.9 Å². The predicted octanol–water partition coefficient (Wildman–Crippen LogP) is 2.55. The van der Waals surface area contributed by atoms with E-state index in [1.165, 1.54) is 0 Å². The zero-order valence-corrected chi connectivity index (χ0v) is 15.7. The van der Waals surface area contributed by atoms with Gasteiger partial charge in [0.15, 0.2) is 15.8 Å². The molecule has 1 N–H and O–H groups in total. The van der Waals surface area contributed by atoms with Crippen LogP contribution in [0.25, 0.3) is 0 Å². The van der Waals surface area contributed by atoms with E-state index in [0.29, 0.717) is 4.90 Å². The Kier molecular flexibility index (Phi) is 6.66. The Labute approximate surface area is 146 Å². The number of piperidine rings is 1. The van der Waals surface area contributed by atoms with E-state index < -0.39 is 9.84 Å². The van der Waals surface area contributed by atoms with Crippen LogP contribution in [0.1, 0.15) is 33.1 Å². The molecule has 0 aromatic heterocycles. The minimum atomic E-state index is -3.30. The number of guanidine groups is 1. The average molecular weight is 352 g/mol. The quantitative estimate of drug-likeness (QED) is 0.654. The zero-order valence-electron chi connectivity index (χ0n) is 14.9. The molecule has 0 aliphatic carbocycles. The SMILES string of the molecule is CCC(CS(=O)(=O)c1ccccc1)NC(=NC)N1CCC(C)CC1. The monoisotopic (exact) mass is 351 g/mol. The first kappa shape index (κ1) is 18.8. The fourth-order valence-electron chi connectivity index (χ4n) is 2.95. The number of hydrogen-bond acceptors (Lipinski definition) is 3. The van der Waals surface area contributed by atoms with Crippen LogP contribution < -0.4 is 5.32 Å². The summed E-state index contributed by atoms with van der Waals surface area (Å²) in [7, 11) is -1.54. The van der Waals surface area contributed by atoms with Crippen molar-refractivity contribution >= 4 is 15.8 Å². The molecular formula is C18H29N3O2S. The van der Waals surface area contributed by atoms with Gasteiger partial charge in [-0.2, -0.15) is 0 Å². The molecule has 6 heteroatoms. The third kappa shape index (κ3) is 4.97. The fourth-order valence-corrected chi connectivity index (χ4v) is 4.56. The molecule has 1 saturated heterocycles. The number of hydrogen-bond donors (Lipinski definition) is 1. The van der Waals surface area contributed by atoms with Gasteiger partial charge in [0.05, 0.1) is 10.6 Å². The Bertz CT molecular complexity index is 635. The second-order valence-electron chi connectivity index (χ2n) is 6.56. The molecule has 0 spiro atoms. The molecule has 1 aliphatic rings. The van der Waals surface area contributed by atoms with E-state index >= 15 is 0 Å². The van der Waals surface area contributed by atoms with Crippen LogP contribution in [0.15, 0.2) is 40.2 Å². The van der Waals surface area contributed by atoms with Gasteiger partial charge in [-0.05, 0) is 37.3 Å². The third-order valence-electron chi connectivity index (χ3n) is 4.64. The van der Waals surface area contributed by atoms with Gasteiger partial charge in [0, 0.05) is 26.2 Å². The van der Waals surface area contributed by atoms with Gasteiger partial charge in [-0.15, -0.1) is 0 Å². The number of rotatable bonds is 5. The molecule has 1 heterocycles. The van der Waals surface area contributed by atoms with Crippen molar-refractivity contribution in [2.75, 3.05) is 25.9 Å². The Morgan fingerprint density at radius 3 is 2.46 bits per heavy atom. The van der Waals surface area contributed by atoms with Crippen molar-refractivity contribution in [3.05, 3.63) is 30.3 Å². The maximum Gasteiger partial charge on any atom is 0.193 e. The molecule has 1 atom stereocenters. The van der Waals surface area contributed by atoms with Gasteiger partial charge in [0.25, 0.3) is 0 Å². The summed E-state index contributed by atoms with van der Waals surface area (Å²) >= 11 is 0. The number of aliphatic imine (C=N–C) groups is 1. The zero-order chi connectivity index (χ0) is 17.6. The standard InChI is InChI=1S/C18H29N3O2S/c1-4-16(14-24(22,23)17-8-6-5-7-9-17)20-18(19-3)21-12-10-15(2)11-13-21/h5-9,15-16H,4,10-14H2,1-3H3,(H,19,20). The van der Waals surface area contributed by atoms with E-state index in [9.17, 15) is 8.42 Å². The molecular weight excluding hydrogens is 322 g/mol. The third-order valence-corrected chi connectivity index (χ3v) is 6.48. The molecule has 1 aromatic carbocycles. The first-order chi connectivity index (χ1) is 11.5. The van der Waals surface area contributed by atoms with E-state index in [1.807, 2.05) is 13.0 Å². The lowest BCUT2D eigenvalue weighted by Crippen LogP contribution is -2.50. The Morgan fingerprint density at radius 1 is 1.29 bits per heavy atom. The van der Waals surface area contributed by atoms with Crippen LogP contribution >= 0.6 is 0 Å². The first-order valence-corrected chi connectivity index (χ1v) is 10.4. The average Bonchev–Trinajstić information content (AvgIpc) is 2.60. The minimum absolute atomic E-state index is 0.0801. The molecule has 5 nitrogen and oxygen atoms in total. The van der Waals surface area contributed by atoms with Gasteiger partial charge in [0.2, 0.25) is 0 Å². The molecule has 24 heavy (non-hydrogen) atoms. The maximum absolute atomic E-state index is 12.6. The molecule has 1 aromatic rings. The lowest BCUT2D eigenvalue weighted by molar-refractivity contribution is 0.271.